The number of hydrogen-bond donors (Lipinski definition) is 3. The third-order valence-electron chi connectivity index (χ3n) is 2.62. The number of nitrogens with zero attached hydrogens (tertiary/aromatic N) is 1. The first-order chi connectivity index (χ1) is 10.4. The number of nitrogens with two attached hydrogens (primary N) is 1. The van der Waals surface area contributed by atoms with E-state index >= 15 is 0 Å². The zero-order chi connectivity index (χ0) is 16.2. The first-order valence-corrected chi connectivity index (χ1v) is 8.42. The van der Waals surface area contributed by atoms with Gasteiger partial charge in [0.15, 0.2) is 0 Å². The van der Waals surface area contributed by atoms with Gasteiger partial charge in [0.1, 0.15) is 10.7 Å². The second-order valence-electron chi connectivity index (χ2n) is 4.28. The lowest BCUT2D eigenvalue weighted by Gasteiger charge is -2.09. The largest absolute Gasteiger partial charge is 0.383 e. The Balaban J connectivity index is 2.04. The van der Waals surface area contributed by atoms with Gasteiger partial charge in [-0.3, -0.25) is 4.79 Å². The van der Waals surface area contributed by atoms with Crippen LogP contribution in [-0.4, -0.2) is 25.9 Å². The van der Waals surface area contributed by atoms with E-state index in [9.17, 15) is 13.2 Å². The van der Waals surface area contributed by atoms with Crippen LogP contribution in [0.4, 0.5) is 11.5 Å². The van der Waals surface area contributed by atoms with Gasteiger partial charge in [-0.1, -0.05) is 18.2 Å². The highest BCUT2D eigenvalue weighted by Crippen LogP contribution is 2.20. The average molecular weight is 385 g/mol. The van der Waals surface area contributed by atoms with Crippen molar-refractivity contribution in [1.29, 1.82) is 0 Å². The van der Waals surface area contributed by atoms with Crippen LogP contribution in [0.3, 0.4) is 0 Å². The van der Waals surface area contributed by atoms with Crippen molar-refractivity contribution >= 4 is 43.4 Å². The van der Waals surface area contributed by atoms with E-state index < -0.39 is 22.5 Å². The Bertz CT molecular complexity index is 781. The van der Waals surface area contributed by atoms with Gasteiger partial charge in [0.2, 0.25) is 15.9 Å². The summed E-state index contributed by atoms with van der Waals surface area (Å²) >= 11 is 3.12. The Morgan fingerprint density at radius 2 is 1.95 bits per heavy atom. The predicted molar refractivity (Wildman–Crippen MR) is 86.6 cm³/mol. The molecule has 1 aromatic carbocycles. The van der Waals surface area contributed by atoms with Gasteiger partial charge < -0.3 is 11.1 Å². The highest BCUT2D eigenvalue weighted by molar-refractivity contribution is 9.10. The van der Waals surface area contributed by atoms with Crippen LogP contribution in [0.2, 0.25) is 0 Å². The first-order valence-electron chi connectivity index (χ1n) is 6.14. The third kappa shape index (κ3) is 4.26. The molecule has 7 nitrogen and oxygen atoms in total. The molecule has 0 bridgehead atoms. The van der Waals surface area contributed by atoms with Gasteiger partial charge >= 0.3 is 0 Å². The molecule has 2 rings (SSSR count). The summed E-state index contributed by atoms with van der Waals surface area (Å²) < 4.78 is 26.9. The van der Waals surface area contributed by atoms with Gasteiger partial charge in [-0.25, -0.2) is 18.1 Å². The van der Waals surface area contributed by atoms with Gasteiger partial charge in [-0.2, -0.15) is 0 Å². The molecule has 0 saturated carbocycles. The molecule has 22 heavy (non-hydrogen) atoms. The van der Waals surface area contributed by atoms with Crippen LogP contribution in [0.25, 0.3) is 0 Å². The molecule has 1 amide bonds. The number of benzene rings is 1. The molecular weight excluding hydrogens is 372 g/mol. The van der Waals surface area contributed by atoms with Crippen molar-refractivity contribution in [3.63, 3.8) is 0 Å². The van der Waals surface area contributed by atoms with E-state index in [-0.39, 0.29) is 10.7 Å². The van der Waals surface area contributed by atoms with Crippen LogP contribution in [0, 0.1) is 0 Å². The molecule has 0 aliphatic carbocycles. The molecule has 0 spiro atoms. The van der Waals surface area contributed by atoms with E-state index in [1.165, 1.54) is 12.3 Å². The highest BCUT2D eigenvalue weighted by atomic mass is 79.9. The maximum Gasteiger partial charge on any atom is 0.244 e. The van der Waals surface area contributed by atoms with Crippen LogP contribution in [-0.2, 0) is 14.8 Å². The molecule has 0 radical (unpaired) electrons. The number of para-hydroxylation sites is 1. The Kier molecular flexibility index (Phi) is 5.11. The number of hydrogen-bond acceptors (Lipinski definition) is 5. The Hall–Kier alpha value is -1.97. The summed E-state index contributed by atoms with van der Waals surface area (Å²) in [6.07, 6.45) is 1.39. The molecule has 1 heterocycles. The standard InChI is InChI=1S/C13H13BrN4O3S/c14-9-6-11(13(15)16-7-9)22(20,21)17-8-12(19)18-10-4-2-1-3-5-10/h1-7,17H,8H2,(H2,15,16)(H,18,19). The number of carbonyl (C=O) groups excluding carboxylic acids is 1. The van der Waals surface area contributed by atoms with Crippen molar-refractivity contribution in [3.8, 4) is 0 Å². The SMILES string of the molecule is Nc1ncc(Br)cc1S(=O)(=O)NCC(=O)Nc1ccccc1. The lowest BCUT2D eigenvalue weighted by atomic mass is 10.3. The second-order valence-corrected chi connectivity index (χ2v) is 6.93. The summed E-state index contributed by atoms with van der Waals surface area (Å²) in [6, 6.07) is 10.0. The zero-order valence-corrected chi connectivity index (χ0v) is 13.7. The number of carbonyl (C=O) groups is 1. The maximum absolute atomic E-state index is 12.1. The fourth-order valence-electron chi connectivity index (χ4n) is 1.61. The molecule has 0 saturated heterocycles. The fourth-order valence-corrected chi connectivity index (χ4v) is 3.18. The monoisotopic (exact) mass is 384 g/mol. The number of nitrogens with one attached hydrogen (secondary N) is 2. The summed E-state index contributed by atoms with van der Waals surface area (Å²) in [5, 5.41) is 2.57. The van der Waals surface area contributed by atoms with Crippen molar-refractivity contribution in [1.82, 2.24) is 9.71 Å². The van der Waals surface area contributed by atoms with Gasteiger partial charge in [0.05, 0.1) is 6.54 Å². The molecule has 0 unspecified atom stereocenters. The number of sulfonamides is 1. The molecule has 1 aromatic heterocycles. The average Bonchev–Trinajstić information content (AvgIpc) is 2.49. The van der Waals surface area contributed by atoms with Crippen molar-refractivity contribution in [2.75, 3.05) is 17.6 Å². The van der Waals surface area contributed by atoms with Gasteiger partial charge in [0, 0.05) is 16.4 Å². The number of nitrogen functional groups attached to an aromatic ring is 1. The van der Waals surface area contributed by atoms with E-state index in [4.69, 9.17) is 5.73 Å². The number of amides is 1. The number of aromatic nitrogens is 1. The lowest BCUT2D eigenvalue weighted by molar-refractivity contribution is -0.115. The minimum absolute atomic E-state index is 0.140. The van der Waals surface area contributed by atoms with Crippen molar-refractivity contribution < 1.29 is 13.2 Å². The van der Waals surface area contributed by atoms with Crippen LogP contribution in [0.1, 0.15) is 0 Å². The third-order valence-corrected chi connectivity index (χ3v) is 4.48. The highest BCUT2D eigenvalue weighted by Gasteiger charge is 2.19. The molecule has 0 fully saturated rings. The van der Waals surface area contributed by atoms with Gasteiger partial charge in [0.25, 0.3) is 0 Å². The van der Waals surface area contributed by atoms with Crippen molar-refractivity contribution in [2.45, 2.75) is 4.90 Å². The summed E-state index contributed by atoms with van der Waals surface area (Å²) in [6.45, 7) is -0.414. The van der Waals surface area contributed by atoms with Crippen molar-refractivity contribution in [2.24, 2.45) is 0 Å². The molecule has 9 heteroatoms. The van der Waals surface area contributed by atoms with Gasteiger partial charge in [-0.05, 0) is 34.1 Å². The summed E-state index contributed by atoms with van der Waals surface area (Å²) in [4.78, 5) is 15.3. The van der Waals surface area contributed by atoms with E-state index in [2.05, 4.69) is 31.0 Å². The fraction of sp³-hybridized carbons (Fsp3) is 0.0769. The molecule has 0 atom stereocenters. The summed E-state index contributed by atoms with van der Waals surface area (Å²) in [5.41, 5.74) is 6.13. The number of halogens is 1. The van der Waals surface area contributed by atoms with Crippen LogP contribution in [0.15, 0.2) is 52.0 Å². The van der Waals surface area contributed by atoms with Crippen LogP contribution < -0.4 is 15.8 Å². The van der Waals surface area contributed by atoms with Crippen LogP contribution in [0.5, 0.6) is 0 Å². The summed E-state index contributed by atoms with van der Waals surface area (Å²) in [5.74, 6) is -0.629. The Labute approximate surface area is 136 Å². The maximum atomic E-state index is 12.1. The first kappa shape index (κ1) is 16.4. The molecule has 0 aliphatic rings. The molecular formula is C13H13BrN4O3S. The number of pyridine rings is 1. The lowest BCUT2D eigenvalue weighted by Crippen LogP contribution is -2.33. The molecule has 116 valence electrons. The number of rotatable bonds is 5. The molecule has 2 aromatic rings. The van der Waals surface area contributed by atoms with Crippen molar-refractivity contribution in [3.05, 3.63) is 47.1 Å². The molecule has 4 N–H and O–H groups in total. The Morgan fingerprint density at radius 3 is 2.64 bits per heavy atom. The smallest absolute Gasteiger partial charge is 0.244 e. The predicted octanol–water partition coefficient (Wildman–Crippen LogP) is 1.34. The van der Waals surface area contributed by atoms with E-state index in [1.807, 2.05) is 0 Å². The van der Waals surface area contributed by atoms with Crippen LogP contribution >= 0.6 is 15.9 Å². The normalized spacial score (nSPS) is 11.1. The van der Waals surface area contributed by atoms with Gasteiger partial charge in [-0.15, -0.1) is 0 Å². The van der Waals surface area contributed by atoms with E-state index in [0.717, 1.165) is 0 Å². The topological polar surface area (TPSA) is 114 Å². The minimum Gasteiger partial charge on any atom is -0.383 e. The Morgan fingerprint density at radius 1 is 1.27 bits per heavy atom. The second kappa shape index (κ2) is 6.86. The van der Waals surface area contributed by atoms with E-state index in [0.29, 0.717) is 10.2 Å². The minimum atomic E-state index is -3.93. The van der Waals surface area contributed by atoms with E-state index in [1.54, 1.807) is 30.3 Å². The molecule has 0 aliphatic heterocycles. The quantitative estimate of drug-likeness (QED) is 0.719. The zero-order valence-electron chi connectivity index (χ0n) is 11.3. The summed E-state index contributed by atoms with van der Waals surface area (Å²) in [7, 11) is -3.93. The number of anilines is 2.